The Kier molecular flexibility index (Phi) is 3.70. The first-order valence-corrected chi connectivity index (χ1v) is 5.73. The fraction of sp³-hybridized carbons (Fsp3) is 0. The lowest BCUT2D eigenvalue weighted by atomic mass is 10.1. The molecule has 0 aliphatic carbocycles. The number of terminal acetylenes is 1. The fourth-order valence-corrected chi connectivity index (χ4v) is 1.64. The molecule has 2 N–H and O–H groups in total. The summed E-state index contributed by atoms with van der Waals surface area (Å²) in [6, 6.07) is 11.9. The van der Waals surface area contributed by atoms with Gasteiger partial charge in [0.05, 0.1) is 10.5 Å². The van der Waals surface area contributed by atoms with Gasteiger partial charge in [-0.25, -0.2) is 0 Å². The Morgan fingerprint density at radius 3 is 2.40 bits per heavy atom. The van der Waals surface area contributed by atoms with Crippen LogP contribution in [0.15, 0.2) is 42.5 Å². The minimum absolute atomic E-state index is 0.143. The molecule has 2 aromatic rings. The van der Waals surface area contributed by atoms with E-state index in [0.717, 1.165) is 5.56 Å². The molecular formula is C16H10N2O2. The van der Waals surface area contributed by atoms with Crippen molar-refractivity contribution in [3.63, 3.8) is 0 Å². The maximum absolute atomic E-state index is 11.0. The van der Waals surface area contributed by atoms with E-state index in [9.17, 15) is 10.1 Å². The van der Waals surface area contributed by atoms with Crippen molar-refractivity contribution >= 4 is 11.4 Å². The van der Waals surface area contributed by atoms with Crippen LogP contribution in [0.5, 0.6) is 0 Å². The summed E-state index contributed by atoms with van der Waals surface area (Å²) >= 11 is 0. The van der Waals surface area contributed by atoms with E-state index in [-0.39, 0.29) is 11.3 Å². The van der Waals surface area contributed by atoms with Crippen LogP contribution in [0.25, 0.3) is 0 Å². The highest BCUT2D eigenvalue weighted by Gasteiger charge is 2.15. The first-order chi connectivity index (χ1) is 9.61. The lowest BCUT2D eigenvalue weighted by Crippen LogP contribution is -1.98. The Morgan fingerprint density at radius 2 is 1.80 bits per heavy atom. The van der Waals surface area contributed by atoms with Crippen molar-refractivity contribution in [3.05, 3.63) is 69.3 Å². The van der Waals surface area contributed by atoms with E-state index in [1.165, 1.54) is 12.1 Å². The van der Waals surface area contributed by atoms with E-state index in [1.54, 1.807) is 0 Å². The third-order valence-electron chi connectivity index (χ3n) is 2.64. The van der Waals surface area contributed by atoms with Gasteiger partial charge in [-0.2, -0.15) is 0 Å². The first-order valence-electron chi connectivity index (χ1n) is 5.73. The van der Waals surface area contributed by atoms with Gasteiger partial charge in [-0.3, -0.25) is 10.1 Å². The second kappa shape index (κ2) is 5.60. The monoisotopic (exact) mass is 262 g/mol. The van der Waals surface area contributed by atoms with Crippen LogP contribution in [0.3, 0.4) is 0 Å². The molecule has 0 atom stereocenters. The Balaban J connectivity index is 2.52. The highest BCUT2D eigenvalue weighted by atomic mass is 16.6. The molecule has 0 saturated heterocycles. The van der Waals surface area contributed by atoms with Crippen LogP contribution in [0.1, 0.15) is 16.7 Å². The minimum atomic E-state index is -0.519. The quantitative estimate of drug-likeness (QED) is 0.371. The van der Waals surface area contributed by atoms with Crippen molar-refractivity contribution in [1.82, 2.24) is 0 Å². The molecule has 2 rings (SSSR count). The summed E-state index contributed by atoms with van der Waals surface area (Å²) in [4.78, 5) is 10.5. The molecule has 0 aliphatic rings. The van der Waals surface area contributed by atoms with Gasteiger partial charge < -0.3 is 5.73 Å². The Labute approximate surface area is 116 Å². The van der Waals surface area contributed by atoms with Crippen molar-refractivity contribution in [2.24, 2.45) is 0 Å². The number of nitrogen functional groups attached to an aromatic ring is 1. The van der Waals surface area contributed by atoms with Gasteiger partial charge in [0.25, 0.3) is 5.69 Å². The Hall–Kier alpha value is -3.24. The maximum atomic E-state index is 11.0. The standard InChI is InChI=1S/C16H10N2O2/c1-2-13-11-16(18(19)20)14(10-15(13)17)9-8-12-6-4-3-5-7-12/h1,3-7,10-11H,17H2. The maximum Gasteiger partial charge on any atom is 0.286 e. The van der Waals surface area contributed by atoms with Gasteiger partial charge in [0, 0.05) is 17.3 Å². The zero-order chi connectivity index (χ0) is 14.5. The van der Waals surface area contributed by atoms with Gasteiger partial charge in [-0.15, -0.1) is 6.42 Å². The number of nitro groups is 1. The summed E-state index contributed by atoms with van der Waals surface area (Å²) in [6.45, 7) is 0. The van der Waals surface area contributed by atoms with Gasteiger partial charge in [-0.1, -0.05) is 36.0 Å². The molecule has 0 heterocycles. The van der Waals surface area contributed by atoms with Gasteiger partial charge in [0.1, 0.15) is 5.56 Å². The number of hydrogen-bond acceptors (Lipinski definition) is 3. The molecule has 0 aromatic heterocycles. The molecule has 0 fully saturated rings. The summed E-state index contributed by atoms with van der Waals surface area (Å²) in [7, 11) is 0. The molecule has 0 unspecified atom stereocenters. The van der Waals surface area contributed by atoms with Crippen molar-refractivity contribution in [2.45, 2.75) is 0 Å². The average molecular weight is 262 g/mol. The van der Waals surface area contributed by atoms with E-state index in [0.29, 0.717) is 11.3 Å². The summed E-state index contributed by atoms with van der Waals surface area (Å²) in [5, 5.41) is 11.0. The Morgan fingerprint density at radius 1 is 1.10 bits per heavy atom. The summed E-state index contributed by atoms with van der Waals surface area (Å²) in [5.74, 6) is 7.94. The average Bonchev–Trinajstić information content (AvgIpc) is 2.46. The third kappa shape index (κ3) is 2.77. The van der Waals surface area contributed by atoms with E-state index in [4.69, 9.17) is 12.2 Å². The number of anilines is 1. The molecule has 0 bridgehead atoms. The molecular weight excluding hydrogens is 252 g/mol. The second-order valence-corrected chi connectivity index (χ2v) is 3.97. The summed E-state index contributed by atoms with van der Waals surface area (Å²) in [6.07, 6.45) is 5.25. The summed E-state index contributed by atoms with van der Waals surface area (Å²) < 4.78 is 0. The summed E-state index contributed by atoms with van der Waals surface area (Å²) in [5.41, 5.74) is 7.20. The number of rotatable bonds is 1. The highest BCUT2D eigenvalue weighted by molar-refractivity contribution is 5.67. The van der Waals surface area contributed by atoms with Crippen LogP contribution in [0.4, 0.5) is 11.4 Å². The molecule has 4 heteroatoms. The zero-order valence-corrected chi connectivity index (χ0v) is 10.5. The first kappa shape index (κ1) is 13.2. The minimum Gasteiger partial charge on any atom is -0.398 e. The fourth-order valence-electron chi connectivity index (χ4n) is 1.64. The number of nitrogens with two attached hydrogens (primary N) is 1. The molecule has 4 nitrogen and oxygen atoms in total. The molecule has 0 saturated carbocycles. The lowest BCUT2D eigenvalue weighted by Gasteiger charge is -2.01. The largest absolute Gasteiger partial charge is 0.398 e. The number of hydrogen-bond donors (Lipinski definition) is 1. The van der Waals surface area contributed by atoms with E-state index >= 15 is 0 Å². The van der Waals surface area contributed by atoms with Crippen LogP contribution in [-0.2, 0) is 0 Å². The predicted octanol–water partition coefficient (Wildman–Crippen LogP) is 2.56. The van der Waals surface area contributed by atoms with Gasteiger partial charge in [-0.05, 0) is 18.2 Å². The number of nitrogens with zero attached hydrogens (tertiary/aromatic N) is 1. The number of benzene rings is 2. The van der Waals surface area contributed by atoms with Crippen LogP contribution in [-0.4, -0.2) is 4.92 Å². The molecule has 2 aromatic carbocycles. The normalized spacial score (nSPS) is 9.15. The lowest BCUT2D eigenvalue weighted by molar-refractivity contribution is -0.385. The van der Waals surface area contributed by atoms with Gasteiger partial charge in [0.2, 0.25) is 0 Å². The number of nitro benzene ring substituents is 1. The van der Waals surface area contributed by atoms with Gasteiger partial charge >= 0.3 is 0 Å². The SMILES string of the molecule is C#Cc1cc([N+](=O)[O-])c(C#Cc2ccccc2)cc1N. The van der Waals surface area contributed by atoms with Crippen molar-refractivity contribution in [1.29, 1.82) is 0 Å². The highest BCUT2D eigenvalue weighted by Crippen LogP contribution is 2.24. The van der Waals surface area contributed by atoms with E-state index in [1.807, 2.05) is 30.3 Å². The van der Waals surface area contributed by atoms with E-state index in [2.05, 4.69) is 17.8 Å². The topological polar surface area (TPSA) is 69.2 Å². The molecule has 0 radical (unpaired) electrons. The van der Waals surface area contributed by atoms with Crippen LogP contribution >= 0.6 is 0 Å². The van der Waals surface area contributed by atoms with Crippen LogP contribution < -0.4 is 5.73 Å². The van der Waals surface area contributed by atoms with E-state index < -0.39 is 4.92 Å². The zero-order valence-electron chi connectivity index (χ0n) is 10.5. The molecule has 0 aliphatic heterocycles. The smallest absolute Gasteiger partial charge is 0.286 e. The third-order valence-corrected chi connectivity index (χ3v) is 2.64. The van der Waals surface area contributed by atoms with Crippen LogP contribution in [0.2, 0.25) is 0 Å². The Bertz CT molecular complexity index is 763. The van der Waals surface area contributed by atoms with Crippen molar-refractivity contribution in [2.75, 3.05) is 5.73 Å². The molecule has 0 spiro atoms. The molecule has 20 heavy (non-hydrogen) atoms. The van der Waals surface area contributed by atoms with Crippen LogP contribution in [0, 0.1) is 34.3 Å². The van der Waals surface area contributed by atoms with Crippen molar-refractivity contribution in [3.8, 4) is 24.2 Å². The van der Waals surface area contributed by atoms with Crippen molar-refractivity contribution < 1.29 is 4.92 Å². The second-order valence-electron chi connectivity index (χ2n) is 3.97. The van der Waals surface area contributed by atoms with Gasteiger partial charge in [0.15, 0.2) is 0 Å². The molecule has 96 valence electrons. The predicted molar refractivity (Wildman–Crippen MR) is 77.9 cm³/mol. The molecule has 0 amide bonds.